The third-order valence-corrected chi connectivity index (χ3v) is 9.00. The summed E-state index contributed by atoms with van der Waals surface area (Å²) in [7, 11) is 0.392. The number of carbonyl (C=O) groups excluding carboxylic acids is 1. The number of hydrogen-bond acceptors (Lipinski definition) is 6. The molecule has 0 bridgehead atoms. The summed E-state index contributed by atoms with van der Waals surface area (Å²) in [4.78, 5) is 20.0. The van der Waals surface area contributed by atoms with Crippen LogP contribution in [-0.2, 0) is 29.7 Å². The van der Waals surface area contributed by atoms with Crippen LogP contribution in [0.15, 0.2) is 28.1 Å². The van der Waals surface area contributed by atoms with Crippen LogP contribution in [0.25, 0.3) is 0 Å². The van der Waals surface area contributed by atoms with Crippen molar-refractivity contribution in [1.82, 2.24) is 14.7 Å². The molecule has 1 aromatic carbocycles. The zero-order valence-electron chi connectivity index (χ0n) is 21.9. The van der Waals surface area contributed by atoms with Crippen molar-refractivity contribution in [3.05, 3.63) is 40.7 Å². The van der Waals surface area contributed by atoms with E-state index in [1.165, 1.54) is 6.42 Å². The van der Waals surface area contributed by atoms with E-state index in [0.717, 1.165) is 49.9 Å². The Labute approximate surface area is 214 Å². The topological polar surface area (TPSA) is 93.9 Å². The fourth-order valence-electron chi connectivity index (χ4n) is 5.29. The molecule has 9 heteroatoms. The molecular formula is C27H38N4O4S. The molecule has 8 nitrogen and oxygen atoms in total. The third kappa shape index (κ3) is 5.57. The van der Waals surface area contributed by atoms with Gasteiger partial charge in [-0.15, -0.1) is 0 Å². The van der Waals surface area contributed by atoms with Crippen LogP contribution in [0.2, 0.25) is 0 Å². The fraction of sp³-hybridized carbons (Fsp3) is 0.593. The van der Waals surface area contributed by atoms with E-state index in [1.54, 1.807) is 29.9 Å². The standard InChI is InChI=1S/C27H38N4O4S/c1-5-9-23-22-18-24(28-27(32)26(22)31(4)29-23)21-17-20(12-13-25(21)35-15-6-2)36(33,34)16-8-11-19-10-7-14-30(19)3/h12-13,17,19H,5-11,14-16,18H2,1-4H3. The number of benzene rings is 1. The number of carbonyl (C=O) groups is 1. The second kappa shape index (κ2) is 11.3. The predicted octanol–water partition coefficient (Wildman–Crippen LogP) is 4.00. The van der Waals surface area contributed by atoms with Crippen LogP contribution in [0.1, 0.15) is 79.7 Å². The maximum atomic E-state index is 13.3. The first-order valence-corrected chi connectivity index (χ1v) is 14.8. The molecule has 0 radical (unpaired) electrons. The van der Waals surface area contributed by atoms with Crippen molar-refractivity contribution in [3.8, 4) is 5.75 Å². The van der Waals surface area contributed by atoms with Crippen LogP contribution in [0, 0.1) is 0 Å². The quantitative estimate of drug-likeness (QED) is 0.450. The van der Waals surface area contributed by atoms with Gasteiger partial charge in [-0.3, -0.25) is 9.48 Å². The number of aryl methyl sites for hydroxylation is 2. The molecule has 1 aromatic heterocycles. The summed E-state index contributed by atoms with van der Waals surface area (Å²) in [6.07, 6.45) is 6.74. The number of ether oxygens (including phenoxy) is 1. The minimum atomic E-state index is -3.49. The Bertz CT molecular complexity index is 1250. The summed E-state index contributed by atoms with van der Waals surface area (Å²) < 4.78 is 34.1. The van der Waals surface area contributed by atoms with E-state index in [-0.39, 0.29) is 16.6 Å². The molecule has 196 valence electrons. The third-order valence-electron chi connectivity index (χ3n) is 7.20. The number of aliphatic imine (C=N–C) groups is 1. The second-order valence-electron chi connectivity index (χ2n) is 9.93. The molecule has 0 spiro atoms. The average Bonchev–Trinajstić information content (AvgIpc) is 3.40. The summed E-state index contributed by atoms with van der Waals surface area (Å²) in [5.74, 6) is 0.309. The van der Waals surface area contributed by atoms with Gasteiger partial charge in [-0.1, -0.05) is 20.3 Å². The Morgan fingerprint density at radius 3 is 2.67 bits per heavy atom. The minimum Gasteiger partial charge on any atom is -0.493 e. The van der Waals surface area contributed by atoms with Gasteiger partial charge < -0.3 is 9.64 Å². The van der Waals surface area contributed by atoms with E-state index in [4.69, 9.17) is 4.74 Å². The number of sulfone groups is 1. The molecular weight excluding hydrogens is 476 g/mol. The lowest BCUT2D eigenvalue weighted by molar-refractivity contribution is 0.0991. The maximum absolute atomic E-state index is 13.3. The van der Waals surface area contributed by atoms with Crippen LogP contribution >= 0.6 is 0 Å². The molecule has 36 heavy (non-hydrogen) atoms. The average molecular weight is 515 g/mol. The van der Waals surface area contributed by atoms with E-state index in [9.17, 15) is 13.2 Å². The number of fused-ring (bicyclic) bond motifs is 1. The monoisotopic (exact) mass is 514 g/mol. The number of hydrogen-bond donors (Lipinski definition) is 0. The highest BCUT2D eigenvalue weighted by Crippen LogP contribution is 2.30. The Kier molecular flexibility index (Phi) is 8.30. The Morgan fingerprint density at radius 2 is 1.97 bits per heavy atom. The molecule has 1 saturated heterocycles. The van der Waals surface area contributed by atoms with Gasteiger partial charge in [-0.2, -0.15) is 5.10 Å². The number of nitrogens with zero attached hydrogens (tertiary/aromatic N) is 4. The summed E-state index contributed by atoms with van der Waals surface area (Å²) in [6, 6.07) is 5.44. The summed E-state index contributed by atoms with van der Waals surface area (Å²) in [6.45, 7) is 5.67. The highest BCUT2D eigenvalue weighted by atomic mass is 32.2. The van der Waals surface area contributed by atoms with Gasteiger partial charge in [0, 0.05) is 30.6 Å². The lowest BCUT2D eigenvalue weighted by atomic mass is 9.95. The molecule has 2 aliphatic rings. The molecule has 0 saturated carbocycles. The first-order chi connectivity index (χ1) is 17.2. The van der Waals surface area contributed by atoms with Gasteiger partial charge in [0.05, 0.1) is 28.7 Å². The Morgan fingerprint density at radius 1 is 1.17 bits per heavy atom. The van der Waals surface area contributed by atoms with E-state index in [1.807, 2.05) is 6.92 Å². The van der Waals surface area contributed by atoms with Crippen molar-refractivity contribution < 1.29 is 17.9 Å². The molecule has 3 heterocycles. The molecule has 1 amide bonds. The number of rotatable bonds is 11. The highest BCUT2D eigenvalue weighted by Gasteiger charge is 2.30. The van der Waals surface area contributed by atoms with Gasteiger partial charge in [0.15, 0.2) is 9.84 Å². The van der Waals surface area contributed by atoms with Crippen LogP contribution in [0.4, 0.5) is 0 Å². The van der Waals surface area contributed by atoms with E-state index < -0.39 is 9.84 Å². The van der Waals surface area contributed by atoms with Gasteiger partial charge >= 0.3 is 0 Å². The van der Waals surface area contributed by atoms with Crippen LogP contribution < -0.4 is 4.74 Å². The van der Waals surface area contributed by atoms with Crippen LogP contribution in [0.5, 0.6) is 5.75 Å². The predicted molar refractivity (Wildman–Crippen MR) is 141 cm³/mol. The van der Waals surface area contributed by atoms with Gasteiger partial charge in [0.1, 0.15) is 11.4 Å². The molecule has 2 aliphatic heterocycles. The Balaban J connectivity index is 1.62. The highest BCUT2D eigenvalue weighted by molar-refractivity contribution is 7.91. The first kappa shape index (κ1) is 26.5. The minimum absolute atomic E-state index is 0.102. The normalized spacial score (nSPS) is 18.4. The molecule has 1 atom stereocenters. The van der Waals surface area contributed by atoms with Gasteiger partial charge in [0.2, 0.25) is 0 Å². The number of likely N-dealkylation sites (tertiary alicyclic amines) is 1. The molecule has 0 aliphatic carbocycles. The van der Waals surface area contributed by atoms with E-state index in [2.05, 4.69) is 29.0 Å². The van der Waals surface area contributed by atoms with Crippen molar-refractivity contribution in [2.24, 2.45) is 12.0 Å². The van der Waals surface area contributed by atoms with Crippen LogP contribution in [-0.4, -0.2) is 66.7 Å². The van der Waals surface area contributed by atoms with Crippen molar-refractivity contribution in [2.45, 2.75) is 76.2 Å². The fourth-order valence-corrected chi connectivity index (χ4v) is 6.64. The second-order valence-corrected chi connectivity index (χ2v) is 12.0. The molecule has 1 fully saturated rings. The summed E-state index contributed by atoms with van der Waals surface area (Å²) in [5.41, 5.74) is 3.40. The SMILES string of the molecule is CCCOc1ccc(S(=O)(=O)CCCC2CCCN2C)cc1C1=NC(=O)c2c(c(CCC)nn2C)C1. The molecule has 1 unspecified atom stereocenters. The maximum Gasteiger partial charge on any atom is 0.295 e. The largest absolute Gasteiger partial charge is 0.493 e. The lowest BCUT2D eigenvalue weighted by Crippen LogP contribution is -2.25. The van der Waals surface area contributed by atoms with Crippen molar-refractivity contribution in [2.75, 3.05) is 26.0 Å². The van der Waals surface area contributed by atoms with Crippen molar-refractivity contribution in [3.63, 3.8) is 0 Å². The molecule has 4 rings (SSSR count). The zero-order chi connectivity index (χ0) is 25.9. The number of aromatic nitrogens is 2. The van der Waals surface area contributed by atoms with Gasteiger partial charge in [-0.25, -0.2) is 13.4 Å². The first-order valence-electron chi connectivity index (χ1n) is 13.1. The smallest absolute Gasteiger partial charge is 0.295 e. The van der Waals surface area contributed by atoms with Gasteiger partial charge in [0.25, 0.3) is 5.91 Å². The summed E-state index contributed by atoms with van der Waals surface area (Å²) >= 11 is 0. The van der Waals surface area contributed by atoms with Crippen molar-refractivity contribution in [1.29, 1.82) is 0 Å². The van der Waals surface area contributed by atoms with E-state index in [0.29, 0.717) is 48.2 Å². The zero-order valence-corrected chi connectivity index (χ0v) is 22.7. The van der Waals surface area contributed by atoms with E-state index >= 15 is 0 Å². The van der Waals surface area contributed by atoms with Gasteiger partial charge in [-0.05, 0) is 70.3 Å². The Hall–Kier alpha value is -2.52. The van der Waals surface area contributed by atoms with Crippen LogP contribution in [0.3, 0.4) is 0 Å². The van der Waals surface area contributed by atoms with Crippen molar-refractivity contribution >= 4 is 21.5 Å². The molecule has 2 aromatic rings. The summed E-state index contributed by atoms with van der Waals surface area (Å²) in [5, 5.41) is 4.55. The molecule has 0 N–H and O–H groups in total. The number of amides is 1. The lowest BCUT2D eigenvalue weighted by Gasteiger charge is -2.19.